The van der Waals surface area contributed by atoms with Gasteiger partial charge in [-0.3, -0.25) is 4.79 Å². The van der Waals surface area contributed by atoms with Crippen molar-refractivity contribution in [1.82, 2.24) is 10.0 Å². The van der Waals surface area contributed by atoms with Crippen molar-refractivity contribution in [3.05, 3.63) is 142 Å². The molecule has 0 fully saturated rings. The highest BCUT2D eigenvalue weighted by atomic mass is 16.1. The van der Waals surface area contributed by atoms with Crippen molar-refractivity contribution in [2.24, 2.45) is 0 Å². The van der Waals surface area contributed by atoms with E-state index in [0.717, 1.165) is 28.8 Å². The summed E-state index contributed by atoms with van der Waals surface area (Å²) in [5, 5.41) is 0. The number of carbonyl (C=O) groups is 1. The number of benzene rings is 4. The van der Waals surface area contributed by atoms with Gasteiger partial charge in [0.05, 0.1) is 5.57 Å². The standard InChI is InChI=1S/C32H31N2O/c1-23-5-13-27(14-6-23)32(28-15-7-24(2)8-16-28)29(22-35)21-34(33-32,30-17-9-25(3)10-18-30)31-19-11-26(4)12-20-31/h5-22,33H,1-4H3/q+1. The minimum Gasteiger partial charge on any atom is -0.298 e. The van der Waals surface area contributed by atoms with Crippen molar-refractivity contribution >= 4 is 17.7 Å². The number of rotatable bonds is 5. The summed E-state index contributed by atoms with van der Waals surface area (Å²) in [6.45, 7) is 8.35. The average molecular weight is 460 g/mol. The maximum atomic E-state index is 12.8. The molecule has 0 amide bonds. The summed E-state index contributed by atoms with van der Waals surface area (Å²) in [6.07, 6.45) is 3.08. The molecule has 0 bridgehead atoms. The molecule has 1 heterocycles. The van der Waals surface area contributed by atoms with Crippen LogP contribution in [0.25, 0.3) is 0 Å². The first-order valence-corrected chi connectivity index (χ1v) is 12.0. The smallest absolute Gasteiger partial charge is 0.162 e. The van der Waals surface area contributed by atoms with Crippen molar-refractivity contribution in [2.75, 3.05) is 0 Å². The van der Waals surface area contributed by atoms with Gasteiger partial charge in [-0.1, -0.05) is 95.1 Å². The number of hydrogen-bond donors (Lipinski definition) is 1. The first kappa shape index (κ1) is 23.0. The predicted molar refractivity (Wildman–Crippen MR) is 144 cm³/mol. The lowest BCUT2D eigenvalue weighted by atomic mass is 9.78. The van der Waals surface area contributed by atoms with Crippen LogP contribution in [0.1, 0.15) is 33.4 Å². The van der Waals surface area contributed by atoms with Crippen LogP contribution < -0.4 is 10.0 Å². The molecule has 0 unspecified atom stereocenters. The molecule has 0 saturated heterocycles. The van der Waals surface area contributed by atoms with Crippen molar-refractivity contribution in [1.29, 1.82) is 0 Å². The lowest BCUT2D eigenvalue weighted by Crippen LogP contribution is -2.56. The van der Waals surface area contributed by atoms with E-state index < -0.39 is 5.54 Å². The molecule has 1 aliphatic heterocycles. The molecule has 174 valence electrons. The monoisotopic (exact) mass is 459 g/mol. The van der Waals surface area contributed by atoms with E-state index in [9.17, 15) is 4.79 Å². The van der Waals surface area contributed by atoms with E-state index >= 15 is 0 Å². The molecule has 0 atom stereocenters. The van der Waals surface area contributed by atoms with Crippen molar-refractivity contribution in [3.8, 4) is 0 Å². The number of hydrogen-bond acceptors (Lipinski definition) is 2. The fourth-order valence-corrected chi connectivity index (χ4v) is 5.01. The topological polar surface area (TPSA) is 29.1 Å². The summed E-state index contributed by atoms with van der Waals surface area (Å²) in [5.41, 5.74) is 12.7. The number of quaternary nitrogens is 1. The fourth-order valence-electron chi connectivity index (χ4n) is 5.01. The van der Waals surface area contributed by atoms with E-state index in [2.05, 4.69) is 136 Å². The molecule has 1 aliphatic rings. The largest absolute Gasteiger partial charge is 0.298 e. The predicted octanol–water partition coefficient (Wildman–Crippen LogP) is 7.10. The van der Waals surface area contributed by atoms with Crippen molar-refractivity contribution in [2.45, 2.75) is 33.2 Å². The first-order valence-electron chi connectivity index (χ1n) is 12.0. The third kappa shape index (κ3) is 3.83. The molecule has 0 aromatic heterocycles. The van der Waals surface area contributed by atoms with Crippen LogP contribution in [0, 0.1) is 27.7 Å². The number of nitrogens with one attached hydrogen (secondary N) is 1. The van der Waals surface area contributed by atoms with Gasteiger partial charge in [0.2, 0.25) is 0 Å². The number of aryl methyl sites for hydroxylation is 4. The van der Waals surface area contributed by atoms with Crippen LogP contribution in [0.15, 0.2) is 109 Å². The third-order valence-corrected chi connectivity index (χ3v) is 7.09. The van der Waals surface area contributed by atoms with Gasteiger partial charge >= 0.3 is 0 Å². The molecule has 0 aliphatic carbocycles. The first-order chi connectivity index (χ1) is 16.9. The zero-order valence-electron chi connectivity index (χ0n) is 20.7. The van der Waals surface area contributed by atoms with Crippen LogP contribution in [0.3, 0.4) is 0 Å². The molecule has 0 saturated carbocycles. The van der Waals surface area contributed by atoms with Gasteiger partial charge in [-0.2, -0.15) is 4.59 Å². The highest BCUT2D eigenvalue weighted by Gasteiger charge is 2.54. The van der Waals surface area contributed by atoms with Gasteiger partial charge < -0.3 is 0 Å². The van der Waals surface area contributed by atoms with Gasteiger partial charge in [0.1, 0.15) is 6.20 Å². The van der Waals surface area contributed by atoms with Crippen molar-refractivity contribution in [3.63, 3.8) is 0 Å². The van der Waals surface area contributed by atoms with Crippen LogP contribution in [-0.4, -0.2) is 6.29 Å². The fraction of sp³-hybridized carbons (Fsp3) is 0.156. The molecule has 0 radical (unpaired) electrons. The second-order valence-corrected chi connectivity index (χ2v) is 9.69. The van der Waals surface area contributed by atoms with E-state index in [-0.39, 0.29) is 4.59 Å². The molecule has 3 heteroatoms. The summed E-state index contributed by atoms with van der Waals surface area (Å²) < 4.78 is 0.233. The lowest BCUT2D eigenvalue weighted by Gasteiger charge is -2.37. The van der Waals surface area contributed by atoms with E-state index in [1.807, 2.05) is 0 Å². The second-order valence-electron chi connectivity index (χ2n) is 9.69. The highest BCUT2D eigenvalue weighted by Crippen LogP contribution is 2.48. The van der Waals surface area contributed by atoms with E-state index in [0.29, 0.717) is 5.57 Å². The minimum absolute atomic E-state index is 0.233. The van der Waals surface area contributed by atoms with Gasteiger partial charge in [-0.15, -0.1) is 5.43 Å². The Balaban J connectivity index is 1.82. The van der Waals surface area contributed by atoms with E-state index in [1.54, 1.807) is 0 Å². The Kier molecular flexibility index (Phi) is 5.76. The Labute approximate surface area is 207 Å². The zero-order chi connectivity index (χ0) is 24.6. The van der Waals surface area contributed by atoms with Crippen LogP contribution >= 0.6 is 0 Å². The van der Waals surface area contributed by atoms with Crippen LogP contribution in [0.2, 0.25) is 0 Å². The molecule has 1 N–H and O–H groups in total. The number of nitrogens with zero attached hydrogens (tertiary/aromatic N) is 1. The molecule has 4 aromatic rings. The maximum absolute atomic E-state index is 12.8. The highest BCUT2D eigenvalue weighted by molar-refractivity contribution is 5.84. The summed E-state index contributed by atoms with van der Waals surface area (Å²) in [7, 11) is 0. The summed E-state index contributed by atoms with van der Waals surface area (Å²) in [4.78, 5) is 12.8. The molecule has 0 spiro atoms. The molecular formula is C32H31N2O+. The number of aldehydes is 1. The summed E-state index contributed by atoms with van der Waals surface area (Å²) >= 11 is 0. The maximum Gasteiger partial charge on any atom is 0.162 e. The lowest BCUT2D eigenvalue weighted by molar-refractivity contribution is -0.105. The van der Waals surface area contributed by atoms with Gasteiger partial charge in [-0.25, -0.2) is 0 Å². The quantitative estimate of drug-likeness (QED) is 0.255. The average Bonchev–Trinajstić information content (AvgIpc) is 3.23. The number of carbonyl (C=O) groups excluding carboxylic acids is 1. The van der Waals surface area contributed by atoms with E-state index in [4.69, 9.17) is 0 Å². The Morgan fingerprint density at radius 2 is 0.914 bits per heavy atom. The Bertz CT molecular complexity index is 1290. The van der Waals surface area contributed by atoms with Gasteiger partial charge in [0, 0.05) is 24.3 Å². The zero-order valence-corrected chi connectivity index (χ0v) is 20.7. The molecule has 35 heavy (non-hydrogen) atoms. The Morgan fingerprint density at radius 1 is 0.571 bits per heavy atom. The molecular weight excluding hydrogens is 428 g/mol. The van der Waals surface area contributed by atoms with Gasteiger partial charge in [0.25, 0.3) is 0 Å². The Hall–Kier alpha value is -3.79. The second kappa shape index (κ2) is 8.77. The normalized spacial score (nSPS) is 16.1. The van der Waals surface area contributed by atoms with Gasteiger partial charge in [-0.05, 0) is 38.8 Å². The van der Waals surface area contributed by atoms with Crippen LogP contribution in [0.4, 0.5) is 11.4 Å². The summed E-state index contributed by atoms with van der Waals surface area (Å²) in [6, 6.07) is 34.0. The van der Waals surface area contributed by atoms with Gasteiger partial charge in [0.15, 0.2) is 23.2 Å². The van der Waals surface area contributed by atoms with Crippen molar-refractivity contribution < 1.29 is 4.79 Å². The van der Waals surface area contributed by atoms with Crippen LogP contribution in [0.5, 0.6) is 0 Å². The molecule has 5 rings (SSSR count). The minimum atomic E-state index is -0.821. The summed E-state index contributed by atoms with van der Waals surface area (Å²) in [5.74, 6) is 0. The molecule has 3 nitrogen and oxygen atoms in total. The van der Waals surface area contributed by atoms with Crippen LogP contribution in [-0.2, 0) is 10.3 Å². The molecule has 4 aromatic carbocycles. The SMILES string of the molecule is Cc1ccc(C2(c3ccc(C)cc3)N[N+](c3ccc(C)cc3)(c3ccc(C)cc3)C=C2C=O)cc1. The Morgan fingerprint density at radius 3 is 1.26 bits per heavy atom. The third-order valence-electron chi connectivity index (χ3n) is 7.09. The van der Waals surface area contributed by atoms with E-state index in [1.165, 1.54) is 22.3 Å².